The van der Waals surface area contributed by atoms with Gasteiger partial charge in [-0.3, -0.25) is 9.59 Å². The van der Waals surface area contributed by atoms with Crippen LogP contribution in [-0.2, 0) is 9.59 Å². The monoisotopic (exact) mass is 356 g/mol. The molecule has 2 aromatic carbocycles. The summed E-state index contributed by atoms with van der Waals surface area (Å²) in [5.74, 6) is 0.420. The molecule has 0 bridgehead atoms. The Hall–Kier alpha value is -2.47. The average Bonchev–Trinajstić information content (AvgIpc) is 2.57. The quantitative estimate of drug-likeness (QED) is 0.819. The molecule has 0 radical (unpaired) electrons. The molecule has 2 aromatic rings. The van der Waals surface area contributed by atoms with E-state index in [4.69, 9.17) is 4.74 Å². The van der Waals surface area contributed by atoms with Gasteiger partial charge in [-0.05, 0) is 56.2 Å². The van der Waals surface area contributed by atoms with Crippen LogP contribution in [-0.4, -0.2) is 23.7 Å². The number of hydrogen-bond acceptors (Lipinski definition) is 4. The van der Waals surface area contributed by atoms with Crippen LogP contribution in [0, 0.1) is 13.8 Å². The molecule has 2 amide bonds. The van der Waals surface area contributed by atoms with Crippen LogP contribution in [0.15, 0.2) is 41.3 Å². The first-order valence-electron chi connectivity index (χ1n) is 8.04. The van der Waals surface area contributed by atoms with Crippen LogP contribution in [0.3, 0.4) is 0 Å². The van der Waals surface area contributed by atoms with Crippen molar-refractivity contribution in [1.29, 1.82) is 0 Å². The Kier molecular flexibility index (Phi) is 4.99. The number of nitrogens with one attached hydrogen (secondary N) is 2. The van der Waals surface area contributed by atoms with Crippen molar-refractivity contribution in [1.82, 2.24) is 0 Å². The minimum Gasteiger partial charge on any atom is -0.482 e. The normalized spacial score (nSPS) is 14.1. The molecule has 2 N–H and O–H groups in total. The highest BCUT2D eigenvalue weighted by Gasteiger charge is 2.19. The van der Waals surface area contributed by atoms with E-state index < -0.39 is 0 Å². The summed E-state index contributed by atoms with van der Waals surface area (Å²) >= 11 is 1.44. The van der Waals surface area contributed by atoms with Gasteiger partial charge in [0.1, 0.15) is 5.75 Å². The SMILES string of the molecule is Cc1ccc(C)c(NC(=O)[C@H](C)Sc2ccc3c(c2)NC(=O)CO3)c1. The number of carbonyl (C=O) groups is 2. The van der Waals surface area contributed by atoms with Gasteiger partial charge < -0.3 is 15.4 Å². The molecule has 0 aliphatic carbocycles. The van der Waals surface area contributed by atoms with E-state index in [0.29, 0.717) is 11.4 Å². The van der Waals surface area contributed by atoms with Gasteiger partial charge in [-0.25, -0.2) is 0 Å². The van der Waals surface area contributed by atoms with Crippen LogP contribution >= 0.6 is 11.8 Å². The molecular formula is C19H20N2O3S. The number of carbonyl (C=O) groups excluding carboxylic acids is 2. The summed E-state index contributed by atoms with van der Waals surface area (Å²) < 4.78 is 5.35. The van der Waals surface area contributed by atoms with Crippen LogP contribution in [0.1, 0.15) is 18.1 Å². The third-order valence-electron chi connectivity index (χ3n) is 3.92. The predicted molar refractivity (Wildman–Crippen MR) is 100 cm³/mol. The standard InChI is InChI=1S/C19H20N2O3S/c1-11-4-5-12(2)15(8-11)21-19(23)13(3)25-14-6-7-17-16(9-14)20-18(22)10-24-17/h4-9,13H,10H2,1-3H3,(H,20,22)(H,21,23)/t13-/m0/s1. The number of aryl methyl sites for hydroxylation is 2. The van der Waals surface area contributed by atoms with E-state index in [1.54, 1.807) is 0 Å². The van der Waals surface area contributed by atoms with E-state index in [-0.39, 0.29) is 23.7 Å². The molecule has 130 valence electrons. The number of thioether (sulfide) groups is 1. The summed E-state index contributed by atoms with van der Waals surface area (Å²) in [7, 11) is 0. The lowest BCUT2D eigenvalue weighted by Gasteiger charge is -2.19. The zero-order valence-corrected chi connectivity index (χ0v) is 15.2. The summed E-state index contributed by atoms with van der Waals surface area (Å²) in [5.41, 5.74) is 3.61. The van der Waals surface area contributed by atoms with Crippen LogP contribution < -0.4 is 15.4 Å². The van der Waals surface area contributed by atoms with Crippen molar-refractivity contribution in [2.75, 3.05) is 17.2 Å². The molecule has 0 aromatic heterocycles. The molecule has 1 atom stereocenters. The Labute approximate surface area is 151 Å². The van der Waals surface area contributed by atoms with Gasteiger partial charge in [-0.15, -0.1) is 11.8 Å². The Morgan fingerprint density at radius 2 is 2.04 bits per heavy atom. The first-order valence-corrected chi connectivity index (χ1v) is 8.92. The number of benzene rings is 2. The molecule has 3 rings (SSSR count). The molecule has 6 heteroatoms. The molecule has 0 spiro atoms. The molecule has 1 heterocycles. The maximum atomic E-state index is 12.5. The highest BCUT2D eigenvalue weighted by atomic mass is 32.2. The van der Waals surface area contributed by atoms with Crippen LogP contribution in [0.5, 0.6) is 5.75 Å². The first-order chi connectivity index (χ1) is 11.9. The first kappa shape index (κ1) is 17.4. The zero-order valence-electron chi connectivity index (χ0n) is 14.4. The van der Waals surface area contributed by atoms with Gasteiger partial charge in [-0.2, -0.15) is 0 Å². The molecule has 0 saturated carbocycles. The minimum absolute atomic E-state index is 0.0359. The van der Waals surface area contributed by atoms with Crippen molar-refractivity contribution in [2.45, 2.75) is 30.9 Å². The second kappa shape index (κ2) is 7.19. The molecule has 0 fully saturated rings. The van der Waals surface area contributed by atoms with Gasteiger partial charge in [0.2, 0.25) is 5.91 Å². The topological polar surface area (TPSA) is 67.4 Å². The Morgan fingerprint density at radius 1 is 1.24 bits per heavy atom. The largest absolute Gasteiger partial charge is 0.482 e. The smallest absolute Gasteiger partial charge is 0.262 e. The Balaban J connectivity index is 1.68. The fourth-order valence-corrected chi connectivity index (χ4v) is 3.40. The average molecular weight is 356 g/mol. The highest BCUT2D eigenvalue weighted by Crippen LogP contribution is 2.34. The molecule has 1 aliphatic rings. The molecule has 1 aliphatic heterocycles. The van der Waals surface area contributed by atoms with Crippen LogP contribution in [0.2, 0.25) is 0 Å². The summed E-state index contributed by atoms with van der Waals surface area (Å²) in [6, 6.07) is 11.5. The highest BCUT2D eigenvalue weighted by molar-refractivity contribution is 8.00. The van der Waals surface area contributed by atoms with Gasteiger partial charge in [0, 0.05) is 10.6 Å². The third kappa shape index (κ3) is 4.14. The Bertz CT molecular complexity index is 835. The van der Waals surface area contributed by atoms with Gasteiger partial charge in [0.25, 0.3) is 5.91 Å². The lowest BCUT2D eigenvalue weighted by molar-refractivity contribution is -0.118. The van der Waals surface area contributed by atoms with E-state index in [9.17, 15) is 9.59 Å². The van der Waals surface area contributed by atoms with E-state index in [1.165, 1.54) is 11.8 Å². The molecular weight excluding hydrogens is 336 g/mol. The number of anilines is 2. The fourth-order valence-electron chi connectivity index (χ4n) is 2.50. The zero-order chi connectivity index (χ0) is 18.0. The van der Waals surface area contributed by atoms with Crippen molar-refractivity contribution >= 4 is 35.0 Å². The maximum Gasteiger partial charge on any atom is 0.262 e. The van der Waals surface area contributed by atoms with E-state index >= 15 is 0 Å². The van der Waals surface area contributed by atoms with Gasteiger partial charge in [0.05, 0.1) is 10.9 Å². The van der Waals surface area contributed by atoms with Crippen molar-refractivity contribution in [2.24, 2.45) is 0 Å². The van der Waals surface area contributed by atoms with Crippen LogP contribution in [0.4, 0.5) is 11.4 Å². The van der Waals surface area contributed by atoms with Gasteiger partial charge in [-0.1, -0.05) is 12.1 Å². The van der Waals surface area contributed by atoms with E-state index in [0.717, 1.165) is 21.7 Å². The van der Waals surface area contributed by atoms with Crippen molar-refractivity contribution in [3.63, 3.8) is 0 Å². The molecule has 0 saturated heterocycles. The second-order valence-electron chi connectivity index (χ2n) is 6.06. The maximum absolute atomic E-state index is 12.5. The summed E-state index contributed by atoms with van der Waals surface area (Å²) in [6.45, 7) is 5.86. The lowest BCUT2D eigenvalue weighted by atomic mass is 10.1. The van der Waals surface area contributed by atoms with Crippen molar-refractivity contribution in [3.8, 4) is 5.75 Å². The van der Waals surface area contributed by atoms with Crippen molar-refractivity contribution < 1.29 is 14.3 Å². The molecule has 0 unspecified atom stereocenters. The number of hydrogen-bond donors (Lipinski definition) is 2. The fraction of sp³-hybridized carbons (Fsp3) is 0.263. The van der Waals surface area contributed by atoms with Crippen LogP contribution in [0.25, 0.3) is 0 Å². The minimum atomic E-state index is -0.279. The summed E-state index contributed by atoms with van der Waals surface area (Å²) in [5, 5.41) is 5.49. The van der Waals surface area contributed by atoms with E-state index in [2.05, 4.69) is 10.6 Å². The van der Waals surface area contributed by atoms with Gasteiger partial charge in [0.15, 0.2) is 6.61 Å². The van der Waals surface area contributed by atoms with Crippen molar-refractivity contribution in [3.05, 3.63) is 47.5 Å². The van der Waals surface area contributed by atoms with E-state index in [1.807, 2.05) is 57.2 Å². The number of ether oxygens (including phenoxy) is 1. The molecule has 5 nitrogen and oxygen atoms in total. The Morgan fingerprint density at radius 3 is 2.84 bits per heavy atom. The summed E-state index contributed by atoms with van der Waals surface area (Å²) in [4.78, 5) is 24.8. The van der Waals surface area contributed by atoms with Gasteiger partial charge >= 0.3 is 0 Å². The summed E-state index contributed by atoms with van der Waals surface area (Å²) in [6.07, 6.45) is 0. The number of amides is 2. The molecule has 25 heavy (non-hydrogen) atoms. The number of rotatable bonds is 4. The number of fused-ring (bicyclic) bond motifs is 1. The lowest BCUT2D eigenvalue weighted by Crippen LogP contribution is -2.25. The second-order valence-corrected chi connectivity index (χ2v) is 7.48. The predicted octanol–water partition coefficient (Wildman–Crippen LogP) is 3.75. The third-order valence-corrected chi connectivity index (χ3v) is 5.01.